The molecule has 0 rings (SSSR count). The van der Waals surface area contributed by atoms with E-state index in [1.807, 2.05) is 20.8 Å². The van der Waals surface area contributed by atoms with Gasteiger partial charge in [0.25, 0.3) is 0 Å². The largest absolute Gasteiger partial charge is 0.462 e. The molecule has 0 aromatic heterocycles. The maximum atomic E-state index is 11.8. The number of carbonyl (C=O) groups excluding carboxylic acids is 1. The van der Waals surface area contributed by atoms with Gasteiger partial charge in [-0.25, -0.2) is 8.78 Å². The van der Waals surface area contributed by atoms with E-state index in [0.717, 1.165) is 18.6 Å². The molecule has 17 heavy (non-hydrogen) atoms. The van der Waals surface area contributed by atoms with Gasteiger partial charge in [-0.3, -0.25) is 4.79 Å². The van der Waals surface area contributed by atoms with Crippen molar-refractivity contribution in [2.45, 2.75) is 64.2 Å². The van der Waals surface area contributed by atoms with Crippen LogP contribution in [0.2, 0.25) is 0 Å². The Labute approximate surface area is 106 Å². The molecule has 102 valence electrons. The molecule has 5 heteroatoms. The molecule has 0 bridgehead atoms. The molecule has 0 amide bonds. The van der Waals surface area contributed by atoms with Crippen molar-refractivity contribution in [3.05, 3.63) is 0 Å². The van der Waals surface area contributed by atoms with E-state index in [0.29, 0.717) is 6.42 Å². The van der Waals surface area contributed by atoms with Crippen molar-refractivity contribution >= 4 is 17.7 Å². The third-order valence-electron chi connectivity index (χ3n) is 2.12. The van der Waals surface area contributed by atoms with Gasteiger partial charge in [0.1, 0.15) is 0 Å². The molecule has 0 fully saturated rings. The lowest BCUT2D eigenvalue weighted by molar-refractivity contribution is -0.146. The number of halogens is 2. The summed E-state index contributed by atoms with van der Waals surface area (Å²) in [7, 11) is 0. The number of thioether (sulfide) groups is 1. The highest BCUT2D eigenvalue weighted by Crippen LogP contribution is 2.16. The summed E-state index contributed by atoms with van der Waals surface area (Å²) in [5, 5.41) is -0.174. The lowest BCUT2D eigenvalue weighted by Crippen LogP contribution is -2.21. The minimum atomic E-state index is -2.19. The maximum absolute atomic E-state index is 11.8. The fourth-order valence-electron chi connectivity index (χ4n) is 1.23. The number of hydrogen-bond donors (Lipinski definition) is 0. The molecule has 0 aromatic rings. The summed E-state index contributed by atoms with van der Waals surface area (Å²) in [5.41, 5.74) is 0. The lowest BCUT2D eigenvalue weighted by Gasteiger charge is -2.13. The maximum Gasteiger partial charge on any atom is 0.319 e. The fourth-order valence-corrected chi connectivity index (χ4v) is 2.15. The predicted molar refractivity (Wildman–Crippen MR) is 67.6 cm³/mol. The van der Waals surface area contributed by atoms with Gasteiger partial charge in [-0.15, -0.1) is 11.8 Å². The average molecular weight is 268 g/mol. The van der Waals surface area contributed by atoms with Crippen LogP contribution in [0.5, 0.6) is 0 Å². The Morgan fingerprint density at radius 2 is 1.82 bits per heavy atom. The smallest absolute Gasteiger partial charge is 0.319 e. The van der Waals surface area contributed by atoms with Gasteiger partial charge in [0.2, 0.25) is 6.43 Å². The number of hydrogen-bond acceptors (Lipinski definition) is 3. The third-order valence-corrected chi connectivity index (χ3v) is 3.34. The number of unbranched alkanes of at least 4 members (excludes halogenated alkanes) is 2. The molecule has 0 radical (unpaired) electrons. The third kappa shape index (κ3) is 10.5. The lowest BCUT2D eigenvalue weighted by atomic mass is 10.2. The van der Waals surface area contributed by atoms with E-state index in [1.54, 1.807) is 0 Å². The van der Waals surface area contributed by atoms with Crippen molar-refractivity contribution in [1.29, 1.82) is 0 Å². The summed E-state index contributed by atoms with van der Waals surface area (Å²) in [5.74, 6) is 0.620. The minimum Gasteiger partial charge on any atom is -0.462 e. The van der Waals surface area contributed by atoms with Crippen molar-refractivity contribution in [2.24, 2.45) is 0 Å². The van der Waals surface area contributed by atoms with E-state index < -0.39 is 6.43 Å². The molecule has 0 heterocycles. The first-order chi connectivity index (χ1) is 7.93. The van der Waals surface area contributed by atoms with E-state index in [4.69, 9.17) is 4.74 Å². The van der Waals surface area contributed by atoms with Gasteiger partial charge in [0.05, 0.1) is 11.4 Å². The van der Waals surface area contributed by atoms with Gasteiger partial charge >= 0.3 is 5.97 Å². The molecule has 0 aliphatic heterocycles. The zero-order chi connectivity index (χ0) is 13.3. The molecule has 0 saturated carbocycles. The van der Waals surface area contributed by atoms with Crippen LogP contribution in [-0.4, -0.2) is 29.5 Å². The molecule has 0 aliphatic rings. The Morgan fingerprint density at radius 3 is 2.35 bits per heavy atom. The summed E-state index contributed by atoms with van der Waals surface area (Å²) in [4.78, 5) is 11.4. The molecule has 0 N–H and O–H groups in total. The zero-order valence-electron chi connectivity index (χ0n) is 10.7. The van der Waals surface area contributed by atoms with Crippen LogP contribution >= 0.6 is 11.8 Å². The topological polar surface area (TPSA) is 26.3 Å². The molecule has 0 spiro atoms. The van der Waals surface area contributed by atoms with Crippen LogP contribution in [0.3, 0.4) is 0 Å². The summed E-state index contributed by atoms with van der Waals surface area (Å²) in [6, 6.07) is 0. The van der Waals surface area contributed by atoms with Crippen molar-refractivity contribution in [3.63, 3.8) is 0 Å². The van der Waals surface area contributed by atoms with Gasteiger partial charge < -0.3 is 4.74 Å². The summed E-state index contributed by atoms with van der Waals surface area (Å²) in [6.07, 6.45) is -0.0716. The molecule has 1 atom stereocenters. The fraction of sp³-hybridized carbons (Fsp3) is 0.917. The normalized spacial score (nSPS) is 13.1. The molecule has 0 saturated heterocycles. The Bertz CT molecular complexity index is 211. The first kappa shape index (κ1) is 16.7. The second kappa shape index (κ2) is 9.68. The molecule has 0 aliphatic carbocycles. The van der Waals surface area contributed by atoms with E-state index >= 15 is 0 Å². The van der Waals surface area contributed by atoms with Crippen LogP contribution in [0.4, 0.5) is 8.78 Å². The highest BCUT2D eigenvalue weighted by molar-refractivity contribution is 8.00. The van der Waals surface area contributed by atoms with Gasteiger partial charge in [0, 0.05) is 6.42 Å². The van der Waals surface area contributed by atoms with Gasteiger partial charge in [-0.05, 0) is 39.4 Å². The van der Waals surface area contributed by atoms with Gasteiger partial charge in [0.15, 0.2) is 0 Å². The van der Waals surface area contributed by atoms with E-state index in [2.05, 4.69) is 0 Å². The Hall–Kier alpha value is -0.320. The number of esters is 1. The van der Waals surface area contributed by atoms with Gasteiger partial charge in [-0.1, -0.05) is 6.42 Å². The second-order valence-electron chi connectivity index (χ2n) is 4.24. The predicted octanol–water partition coefficient (Wildman–Crippen LogP) is 3.89. The number of alkyl halides is 2. The Morgan fingerprint density at radius 1 is 1.18 bits per heavy atom. The van der Waals surface area contributed by atoms with Crippen molar-refractivity contribution in [3.8, 4) is 0 Å². The zero-order valence-corrected chi connectivity index (χ0v) is 11.6. The van der Waals surface area contributed by atoms with E-state index in [-0.39, 0.29) is 23.7 Å². The van der Waals surface area contributed by atoms with Crippen LogP contribution in [0, 0.1) is 0 Å². The monoisotopic (exact) mass is 268 g/mol. The van der Waals surface area contributed by atoms with Crippen molar-refractivity contribution < 1.29 is 18.3 Å². The SMILES string of the molecule is CC(C)OC(=O)C(C)SCCCCCC(F)F. The number of carbonyl (C=O) groups is 1. The molecular weight excluding hydrogens is 246 g/mol. The summed E-state index contributed by atoms with van der Waals surface area (Å²) < 4.78 is 28.7. The first-order valence-electron chi connectivity index (χ1n) is 6.03. The number of rotatable bonds is 9. The Kier molecular flexibility index (Phi) is 9.50. The van der Waals surface area contributed by atoms with Crippen LogP contribution in [-0.2, 0) is 9.53 Å². The molecular formula is C12H22F2O2S. The summed E-state index contributed by atoms with van der Waals surface area (Å²) in [6.45, 7) is 5.45. The highest BCUT2D eigenvalue weighted by Gasteiger charge is 2.15. The first-order valence-corrected chi connectivity index (χ1v) is 7.08. The molecule has 1 unspecified atom stereocenters. The summed E-state index contributed by atoms with van der Waals surface area (Å²) >= 11 is 1.52. The van der Waals surface area contributed by atoms with E-state index in [1.165, 1.54) is 11.8 Å². The van der Waals surface area contributed by atoms with Crippen LogP contribution in [0.1, 0.15) is 46.5 Å². The van der Waals surface area contributed by atoms with E-state index in [9.17, 15) is 13.6 Å². The number of ether oxygens (including phenoxy) is 1. The van der Waals surface area contributed by atoms with Crippen molar-refractivity contribution in [2.75, 3.05) is 5.75 Å². The average Bonchev–Trinajstić information content (AvgIpc) is 2.21. The minimum absolute atomic E-state index is 0.0182. The van der Waals surface area contributed by atoms with Crippen LogP contribution in [0.25, 0.3) is 0 Å². The second-order valence-corrected chi connectivity index (χ2v) is 5.69. The quantitative estimate of drug-likeness (QED) is 0.469. The van der Waals surface area contributed by atoms with Crippen LogP contribution < -0.4 is 0 Å². The van der Waals surface area contributed by atoms with Crippen LogP contribution in [0.15, 0.2) is 0 Å². The molecule has 0 aromatic carbocycles. The highest BCUT2D eigenvalue weighted by atomic mass is 32.2. The molecule has 2 nitrogen and oxygen atoms in total. The standard InChI is InChI=1S/C12H22F2O2S/c1-9(2)16-12(15)10(3)17-8-6-4-5-7-11(13)14/h9-11H,4-8H2,1-3H3. The van der Waals surface area contributed by atoms with Crippen molar-refractivity contribution in [1.82, 2.24) is 0 Å². The van der Waals surface area contributed by atoms with Gasteiger partial charge in [-0.2, -0.15) is 0 Å². The Balaban J connectivity index is 3.44.